The molecule has 0 radical (unpaired) electrons. The first kappa shape index (κ1) is 11.4. The van der Waals surface area contributed by atoms with Crippen molar-refractivity contribution in [3.8, 4) is 0 Å². The van der Waals surface area contributed by atoms with E-state index in [9.17, 15) is 0 Å². The molecule has 0 saturated carbocycles. The van der Waals surface area contributed by atoms with Gasteiger partial charge in [0.1, 0.15) is 0 Å². The Balaban J connectivity index is 3.14. The standard InChI is InChI=1S/C14H17N/c1-11(2)10-14(15-12(3)4)13-8-6-5-7-9-13/h5-10H,1H2,2-4H3/b14-10-. The number of rotatable bonds is 3. The fourth-order valence-electron chi connectivity index (χ4n) is 1.26. The van der Waals surface area contributed by atoms with E-state index >= 15 is 0 Å². The summed E-state index contributed by atoms with van der Waals surface area (Å²) < 4.78 is 0. The molecule has 0 atom stereocenters. The Labute approximate surface area is 91.9 Å². The van der Waals surface area contributed by atoms with Crippen molar-refractivity contribution in [1.82, 2.24) is 0 Å². The third-order valence-corrected chi connectivity index (χ3v) is 1.80. The maximum Gasteiger partial charge on any atom is 0.0703 e. The molecule has 0 aliphatic rings. The Kier molecular flexibility index (Phi) is 4.04. The maximum absolute atomic E-state index is 4.50. The molecular weight excluding hydrogens is 182 g/mol. The first-order chi connectivity index (χ1) is 7.09. The Bertz CT molecular complexity index is 393. The smallest absolute Gasteiger partial charge is 0.0703 e. The lowest BCUT2D eigenvalue weighted by Crippen LogP contribution is -1.86. The summed E-state index contributed by atoms with van der Waals surface area (Å²) in [6.45, 7) is 9.85. The third-order valence-electron chi connectivity index (χ3n) is 1.80. The molecule has 0 unspecified atom stereocenters. The third kappa shape index (κ3) is 3.94. The highest BCUT2D eigenvalue weighted by molar-refractivity contribution is 5.86. The van der Waals surface area contributed by atoms with Gasteiger partial charge in [0.25, 0.3) is 0 Å². The molecule has 1 heteroatoms. The van der Waals surface area contributed by atoms with Crippen LogP contribution >= 0.6 is 0 Å². The van der Waals surface area contributed by atoms with Crippen molar-refractivity contribution in [2.45, 2.75) is 20.8 Å². The molecule has 0 spiro atoms. The minimum absolute atomic E-state index is 0.975. The van der Waals surface area contributed by atoms with Crippen LogP contribution in [0.25, 0.3) is 5.70 Å². The predicted molar refractivity (Wildman–Crippen MR) is 68.0 cm³/mol. The second-order valence-corrected chi connectivity index (χ2v) is 3.80. The molecule has 0 heterocycles. The SMILES string of the molecule is C=C(C)/C=C(\N=C(C)C)c1ccccc1. The van der Waals surface area contributed by atoms with Gasteiger partial charge in [0.05, 0.1) is 5.70 Å². The van der Waals surface area contributed by atoms with E-state index in [1.54, 1.807) is 0 Å². The van der Waals surface area contributed by atoms with Crippen molar-refractivity contribution in [3.05, 3.63) is 54.1 Å². The molecule has 0 fully saturated rings. The van der Waals surface area contributed by atoms with Crippen LogP contribution in [0.5, 0.6) is 0 Å². The van der Waals surface area contributed by atoms with E-state index < -0.39 is 0 Å². The summed E-state index contributed by atoms with van der Waals surface area (Å²) in [5.41, 5.74) is 4.16. The van der Waals surface area contributed by atoms with E-state index in [0.29, 0.717) is 0 Å². The molecule has 1 rings (SSSR count). The van der Waals surface area contributed by atoms with E-state index in [4.69, 9.17) is 0 Å². The van der Waals surface area contributed by atoms with Gasteiger partial charge in [0.15, 0.2) is 0 Å². The first-order valence-corrected chi connectivity index (χ1v) is 5.04. The van der Waals surface area contributed by atoms with E-state index in [0.717, 1.165) is 22.5 Å². The number of aliphatic imine (C=N–C) groups is 1. The van der Waals surface area contributed by atoms with Crippen LogP contribution in [0.3, 0.4) is 0 Å². The number of hydrogen-bond donors (Lipinski definition) is 0. The maximum atomic E-state index is 4.50. The van der Waals surface area contributed by atoms with E-state index in [1.165, 1.54) is 0 Å². The summed E-state index contributed by atoms with van der Waals surface area (Å²) in [4.78, 5) is 4.50. The zero-order valence-electron chi connectivity index (χ0n) is 9.62. The summed E-state index contributed by atoms with van der Waals surface area (Å²) in [5, 5.41) is 0. The van der Waals surface area contributed by atoms with Gasteiger partial charge >= 0.3 is 0 Å². The van der Waals surface area contributed by atoms with Crippen molar-refractivity contribution in [2.75, 3.05) is 0 Å². The average molecular weight is 199 g/mol. The zero-order valence-corrected chi connectivity index (χ0v) is 9.62. The van der Waals surface area contributed by atoms with Crippen LogP contribution in [0, 0.1) is 0 Å². The Morgan fingerprint density at radius 1 is 1.13 bits per heavy atom. The summed E-state index contributed by atoms with van der Waals surface area (Å²) >= 11 is 0. The van der Waals surface area contributed by atoms with Crippen LogP contribution in [-0.2, 0) is 0 Å². The fraction of sp³-hybridized carbons (Fsp3) is 0.214. The molecule has 0 aromatic heterocycles. The monoisotopic (exact) mass is 199 g/mol. The number of nitrogens with zero attached hydrogens (tertiary/aromatic N) is 1. The van der Waals surface area contributed by atoms with Crippen molar-refractivity contribution in [3.63, 3.8) is 0 Å². The molecule has 0 bridgehead atoms. The molecule has 1 aromatic rings. The second-order valence-electron chi connectivity index (χ2n) is 3.80. The van der Waals surface area contributed by atoms with E-state index in [-0.39, 0.29) is 0 Å². The minimum atomic E-state index is 0.975. The van der Waals surface area contributed by atoms with Crippen molar-refractivity contribution < 1.29 is 0 Å². The molecule has 0 aliphatic carbocycles. The lowest BCUT2D eigenvalue weighted by atomic mass is 10.1. The van der Waals surface area contributed by atoms with Crippen LogP contribution in [-0.4, -0.2) is 5.71 Å². The summed E-state index contributed by atoms with van der Waals surface area (Å²) in [6, 6.07) is 10.1. The molecule has 0 aliphatic heterocycles. The van der Waals surface area contributed by atoms with Crippen LogP contribution in [0.4, 0.5) is 0 Å². The molecule has 15 heavy (non-hydrogen) atoms. The summed E-state index contributed by atoms with van der Waals surface area (Å²) in [6.07, 6.45) is 2.00. The molecule has 0 amide bonds. The molecule has 0 N–H and O–H groups in total. The Morgan fingerprint density at radius 2 is 1.73 bits per heavy atom. The highest BCUT2D eigenvalue weighted by Gasteiger charge is 1.98. The number of allylic oxidation sites excluding steroid dienone is 2. The highest BCUT2D eigenvalue weighted by Crippen LogP contribution is 2.17. The number of benzene rings is 1. The largest absolute Gasteiger partial charge is 0.258 e. The van der Waals surface area contributed by atoms with Crippen molar-refractivity contribution in [2.24, 2.45) is 4.99 Å². The van der Waals surface area contributed by atoms with Gasteiger partial charge in [0.2, 0.25) is 0 Å². The van der Waals surface area contributed by atoms with Gasteiger partial charge in [0, 0.05) is 11.3 Å². The van der Waals surface area contributed by atoms with Crippen LogP contribution in [0.2, 0.25) is 0 Å². The van der Waals surface area contributed by atoms with Crippen LogP contribution in [0.1, 0.15) is 26.3 Å². The molecule has 1 nitrogen and oxygen atoms in total. The normalized spacial score (nSPS) is 11.0. The molecule has 0 saturated heterocycles. The molecular formula is C14H17N. The lowest BCUT2D eigenvalue weighted by molar-refractivity contribution is 1.44. The lowest BCUT2D eigenvalue weighted by Gasteiger charge is -2.03. The summed E-state index contributed by atoms with van der Waals surface area (Å²) in [5.74, 6) is 0. The molecule has 1 aromatic carbocycles. The van der Waals surface area contributed by atoms with Gasteiger partial charge in [-0.05, 0) is 26.8 Å². The zero-order chi connectivity index (χ0) is 11.3. The van der Waals surface area contributed by atoms with Gasteiger partial charge in [-0.25, -0.2) is 0 Å². The minimum Gasteiger partial charge on any atom is -0.258 e. The van der Waals surface area contributed by atoms with Gasteiger partial charge in [-0.3, -0.25) is 4.99 Å². The second kappa shape index (κ2) is 5.30. The van der Waals surface area contributed by atoms with Crippen molar-refractivity contribution >= 4 is 11.4 Å². The van der Waals surface area contributed by atoms with Gasteiger partial charge in [-0.1, -0.05) is 42.5 Å². The van der Waals surface area contributed by atoms with Crippen molar-refractivity contribution in [1.29, 1.82) is 0 Å². The highest BCUT2D eigenvalue weighted by atomic mass is 14.7. The summed E-state index contributed by atoms with van der Waals surface area (Å²) in [7, 11) is 0. The average Bonchev–Trinajstić information content (AvgIpc) is 2.17. The van der Waals surface area contributed by atoms with E-state index in [1.807, 2.05) is 45.0 Å². The molecule has 78 valence electrons. The fourth-order valence-corrected chi connectivity index (χ4v) is 1.26. The van der Waals surface area contributed by atoms with Crippen LogP contribution in [0.15, 0.2) is 53.6 Å². The first-order valence-electron chi connectivity index (χ1n) is 5.04. The van der Waals surface area contributed by atoms with E-state index in [2.05, 4.69) is 23.7 Å². The van der Waals surface area contributed by atoms with Gasteiger partial charge in [-0.15, -0.1) is 0 Å². The Morgan fingerprint density at radius 3 is 2.20 bits per heavy atom. The predicted octanol–water partition coefficient (Wildman–Crippen LogP) is 4.08. The van der Waals surface area contributed by atoms with Crippen LogP contribution < -0.4 is 0 Å². The van der Waals surface area contributed by atoms with Gasteiger partial charge < -0.3 is 0 Å². The topological polar surface area (TPSA) is 12.4 Å². The Hall–Kier alpha value is -1.63. The van der Waals surface area contributed by atoms with Gasteiger partial charge in [-0.2, -0.15) is 0 Å². The number of hydrogen-bond acceptors (Lipinski definition) is 1. The quantitative estimate of drug-likeness (QED) is 0.513.